The Morgan fingerprint density at radius 3 is 2.58 bits per heavy atom. The summed E-state index contributed by atoms with van der Waals surface area (Å²) in [6, 6.07) is 14.7. The Labute approximate surface area is 191 Å². The van der Waals surface area contributed by atoms with Crippen LogP contribution in [0.3, 0.4) is 0 Å². The number of aryl methyl sites for hydroxylation is 1. The number of hydrogen-bond donors (Lipinski definition) is 3. The van der Waals surface area contributed by atoms with Gasteiger partial charge in [-0.15, -0.1) is 0 Å². The smallest absolute Gasteiger partial charge is 0.250 e. The lowest BCUT2D eigenvalue weighted by molar-refractivity contribution is -0.142. The molecule has 33 heavy (non-hydrogen) atoms. The largest absolute Gasteiger partial charge is 0.370 e. The van der Waals surface area contributed by atoms with Crippen molar-refractivity contribution in [2.24, 2.45) is 17.6 Å². The van der Waals surface area contributed by atoms with Crippen molar-refractivity contribution in [2.45, 2.75) is 37.8 Å². The SMILES string of the molecule is Cc1ccc2c(c1)[C@@]1(N[C@H](CCC(N)=O)[C@H]3C(=O)N(CCc4ccccc4)C(=O)[C@H]31)C(=O)N2. The van der Waals surface area contributed by atoms with E-state index in [1.165, 1.54) is 4.90 Å². The molecule has 4 atom stereocenters. The van der Waals surface area contributed by atoms with Crippen LogP contribution in [0.25, 0.3) is 0 Å². The van der Waals surface area contributed by atoms with E-state index in [0.717, 1.165) is 11.1 Å². The molecule has 2 saturated heterocycles. The summed E-state index contributed by atoms with van der Waals surface area (Å²) in [7, 11) is 0. The molecule has 3 aliphatic heterocycles. The highest BCUT2D eigenvalue weighted by atomic mass is 16.2. The van der Waals surface area contributed by atoms with E-state index in [1.54, 1.807) is 0 Å². The van der Waals surface area contributed by atoms with Crippen molar-refractivity contribution in [3.8, 4) is 0 Å². The number of fused-ring (bicyclic) bond motifs is 4. The van der Waals surface area contributed by atoms with Gasteiger partial charge in [-0.05, 0) is 31.4 Å². The van der Waals surface area contributed by atoms with E-state index in [9.17, 15) is 19.2 Å². The molecule has 0 unspecified atom stereocenters. The molecule has 4 N–H and O–H groups in total. The summed E-state index contributed by atoms with van der Waals surface area (Å²) in [5.41, 5.74) is 7.30. The maximum absolute atomic E-state index is 13.7. The van der Waals surface area contributed by atoms with E-state index in [1.807, 2.05) is 55.5 Å². The second kappa shape index (κ2) is 7.81. The maximum Gasteiger partial charge on any atom is 0.250 e. The Bertz CT molecular complexity index is 1160. The molecule has 5 rings (SSSR count). The highest BCUT2D eigenvalue weighted by molar-refractivity contribution is 6.15. The van der Waals surface area contributed by atoms with Crippen LogP contribution in [-0.2, 0) is 31.1 Å². The second-order valence-electron chi connectivity index (χ2n) is 9.13. The van der Waals surface area contributed by atoms with Gasteiger partial charge in [-0.3, -0.25) is 29.4 Å². The van der Waals surface area contributed by atoms with Gasteiger partial charge >= 0.3 is 0 Å². The van der Waals surface area contributed by atoms with Gasteiger partial charge < -0.3 is 11.1 Å². The standard InChI is InChI=1S/C25H26N4O4/c1-14-7-8-17-16(13-14)25(24(33)27-17)21-20(18(28-25)9-10-19(26)30)22(31)29(23(21)32)12-11-15-5-3-2-4-6-15/h2-8,13,18,20-21,28H,9-12H2,1H3,(H2,26,30)(H,27,33)/t18-,20-,21+,25+/m1/s1. The second-order valence-corrected chi connectivity index (χ2v) is 9.13. The molecule has 0 saturated carbocycles. The normalized spacial score (nSPS) is 27.7. The number of nitrogens with zero attached hydrogens (tertiary/aromatic N) is 1. The highest BCUT2D eigenvalue weighted by Crippen LogP contribution is 2.53. The topological polar surface area (TPSA) is 122 Å². The fraction of sp³-hybridized carbons (Fsp3) is 0.360. The lowest BCUT2D eigenvalue weighted by Gasteiger charge is -2.29. The zero-order valence-electron chi connectivity index (χ0n) is 18.3. The lowest BCUT2D eigenvalue weighted by atomic mass is 9.76. The number of primary amides is 1. The van der Waals surface area contributed by atoms with E-state index in [-0.39, 0.29) is 37.1 Å². The van der Waals surface area contributed by atoms with Crippen LogP contribution >= 0.6 is 0 Å². The van der Waals surface area contributed by atoms with Gasteiger partial charge in [0, 0.05) is 30.3 Å². The predicted octanol–water partition coefficient (Wildman–Crippen LogP) is 1.22. The van der Waals surface area contributed by atoms with Gasteiger partial charge in [-0.2, -0.15) is 0 Å². The summed E-state index contributed by atoms with van der Waals surface area (Å²) in [5, 5.41) is 6.21. The number of likely N-dealkylation sites (tertiary alicyclic amines) is 1. The minimum absolute atomic E-state index is 0.0603. The molecule has 4 amide bonds. The monoisotopic (exact) mass is 446 g/mol. The molecule has 8 nitrogen and oxygen atoms in total. The molecule has 1 spiro atoms. The molecule has 2 fully saturated rings. The van der Waals surface area contributed by atoms with Crippen molar-refractivity contribution in [2.75, 3.05) is 11.9 Å². The first-order valence-corrected chi connectivity index (χ1v) is 11.2. The maximum atomic E-state index is 13.7. The van der Waals surface area contributed by atoms with Crippen LogP contribution in [0.2, 0.25) is 0 Å². The number of amides is 4. The van der Waals surface area contributed by atoms with Crippen LogP contribution in [-0.4, -0.2) is 41.1 Å². The molecule has 3 heterocycles. The molecule has 8 heteroatoms. The average molecular weight is 447 g/mol. The Morgan fingerprint density at radius 2 is 1.85 bits per heavy atom. The summed E-state index contributed by atoms with van der Waals surface area (Å²) in [5.74, 6) is -3.08. The fourth-order valence-electron chi connectivity index (χ4n) is 5.63. The van der Waals surface area contributed by atoms with Gasteiger partial charge in [0.15, 0.2) is 0 Å². The molecular formula is C25H26N4O4. The quantitative estimate of drug-likeness (QED) is 0.576. The molecule has 2 aromatic rings. The molecule has 3 aliphatic rings. The van der Waals surface area contributed by atoms with Crippen LogP contribution in [0.15, 0.2) is 48.5 Å². The Balaban J connectivity index is 1.53. The first-order chi connectivity index (χ1) is 15.8. The molecule has 0 bridgehead atoms. The minimum atomic E-state index is -1.34. The van der Waals surface area contributed by atoms with E-state index < -0.39 is 29.3 Å². The van der Waals surface area contributed by atoms with Gasteiger partial charge in [-0.1, -0.05) is 48.0 Å². The third-order valence-electron chi connectivity index (χ3n) is 7.13. The van der Waals surface area contributed by atoms with E-state index in [0.29, 0.717) is 17.7 Å². The first-order valence-electron chi connectivity index (χ1n) is 11.2. The van der Waals surface area contributed by atoms with Crippen LogP contribution in [0.4, 0.5) is 5.69 Å². The summed E-state index contributed by atoms with van der Waals surface area (Å²) in [4.78, 5) is 53.4. The molecule has 0 aliphatic carbocycles. The van der Waals surface area contributed by atoms with Crippen LogP contribution in [0.1, 0.15) is 29.5 Å². The van der Waals surface area contributed by atoms with Crippen LogP contribution < -0.4 is 16.4 Å². The highest BCUT2D eigenvalue weighted by Gasteiger charge is 2.70. The van der Waals surface area contributed by atoms with Gasteiger partial charge in [0.2, 0.25) is 23.6 Å². The number of benzene rings is 2. The number of nitrogens with two attached hydrogens (primary N) is 1. The number of imide groups is 1. The summed E-state index contributed by atoms with van der Waals surface area (Å²) in [6.07, 6.45) is 0.870. The predicted molar refractivity (Wildman–Crippen MR) is 121 cm³/mol. The van der Waals surface area contributed by atoms with E-state index in [4.69, 9.17) is 5.73 Å². The molecule has 170 valence electrons. The van der Waals surface area contributed by atoms with Gasteiger partial charge in [0.05, 0.1) is 11.8 Å². The van der Waals surface area contributed by atoms with Crippen LogP contribution in [0, 0.1) is 18.8 Å². The summed E-state index contributed by atoms with van der Waals surface area (Å²) in [6.45, 7) is 2.16. The Hall–Kier alpha value is -3.52. The fourth-order valence-corrected chi connectivity index (χ4v) is 5.63. The summed E-state index contributed by atoms with van der Waals surface area (Å²) < 4.78 is 0. The number of rotatable bonds is 6. The summed E-state index contributed by atoms with van der Waals surface area (Å²) >= 11 is 0. The van der Waals surface area contributed by atoms with E-state index in [2.05, 4.69) is 10.6 Å². The van der Waals surface area contributed by atoms with Crippen molar-refractivity contribution in [1.29, 1.82) is 0 Å². The third-order valence-corrected chi connectivity index (χ3v) is 7.13. The first kappa shape index (κ1) is 21.3. The number of carbonyl (C=O) groups excluding carboxylic acids is 4. The van der Waals surface area contributed by atoms with Crippen molar-refractivity contribution in [1.82, 2.24) is 10.2 Å². The van der Waals surface area contributed by atoms with Crippen molar-refractivity contribution in [3.63, 3.8) is 0 Å². The van der Waals surface area contributed by atoms with Crippen molar-refractivity contribution in [3.05, 3.63) is 65.2 Å². The molecule has 0 radical (unpaired) electrons. The zero-order valence-corrected chi connectivity index (χ0v) is 18.3. The molecule has 2 aromatic carbocycles. The third kappa shape index (κ3) is 3.24. The minimum Gasteiger partial charge on any atom is -0.370 e. The van der Waals surface area contributed by atoms with Crippen molar-refractivity contribution < 1.29 is 19.2 Å². The molecule has 0 aromatic heterocycles. The average Bonchev–Trinajstić information content (AvgIpc) is 3.37. The Morgan fingerprint density at radius 1 is 1.09 bits per heavy atom. The van der Waals surface area contributed by atoms with Crippen LogP contribution in [0.5, 0.6) is 0 Å². The number of anilines is 1. The van der Waals surface area contributed by atoms with Gasteiger partial charge in [0.1, 0.15) is 5.54 Å². The molecular weight excluding hydrogens is 420 g/mol. The van der Waals surface area contributed by atoms with Crippen molar-refractivity contribution >= 4 is 29.3 Å². The van der Waals surface area contributed by atoms with Gasteiger partial charge in [0.25, 0.3) is 0 Å². The number of nitrogens with one attached hydrogen (secondary N) is 2. The number of carbonyl (C=O) groups is 4. The van der Waals surface area contributed by atoms with Gasteiger partial charge in [-0.25, -0.2) is 0 Å². The zero-order chi connectivity index (χ0) is 23.3. The number of hydrogen-bond acceptors (Lipinski definition) is 5. The Kier molecular flexibility index (Phi) is 5.05. The van der Waals surface area contributed by atoms with E-state index >= 15 is 0 Å². The lowest BCUT2D eigenvalue weighted by Crippen LogP contribution is -2.53.